The van der Waals surface area contributed by atoms with Crippen molar-refractivity contribution in [2.24, 2.45) is 0 Å². The van der Waals surface area contributed by atoms with Gasteiger partial charge in [-0.25, -0.2) is 4.39 Å². The van der Waals surface area contributed by atoms with Crippen LogP contribution < -0.4 is 19.9 Å². The number of likely N-dealkylation sites (N-methyl/N-ethyl adjacent to an activating group) is 1. The lowest BCUT2D eigenvalue weighted by molar-refractivity contribution is -0.117. The SMILES string of the molecule is COc1cccc(N2CCN(C[C@H](O)CCNC(=O)c3ccc4c(c3)CC(=O)N4C)CC2)c1F. The van der Waals surface area contributed by atoms with Gasteiger partial charge in [-0.2, -0.15) is 0 Å². The summed E-state index contributed by atoms with van der Waals surface area (Å²) in [6.07, 6.45) is 0.165. The Morgan fingerprint density at radius 2 is 1.94 bits per heavy atom. The molecule has 2 aromatic rings. The molecule has 2 amide bonds. The van der Waals surface area contributed by atoms with Crippen molar-refractivity contribution in [2.45, 2.75) is 18.9 Å². The number of piperazine rings is 1. The van der Waals surface area contributed by atoms with Gasteiger partial charge in [0, 0.05) is 57.6 Å². The molecule has 1 fully saturated rings. The van der Waals surface area contributed by atoms with E-state index in [1.807, 2.05) is 4.90 Å². The second kappa shape index (κ2) is 10.4. The number of benzene rings is 2. The van der Waals surface area contributed by atoms with Crippen LogP contribution in [0, 0.1) is 5.82 Å². The first-order valence-corrected chi connectivity index (χ1v) is 11.5. The average molecular weight is 471 g/mol. The maximum Gasteiger partial charge on any atom is 0.251 e. The van der Waals surface area contributed by atoms with E-state index in [1.54, 1.807) is 48.3 Å². The first-order chi connectivity index (χ1) is 16.4. The number of aliphatic hydroxyl groups is 1. The Labute approximate surface area is 198 Å². The largest absolute Gasteiger partial charge is 0.494 e. The highest BCUT2D eigenvalue weighted by Gasteiger charge is 2.25. The summed E-state index contributed by atoms with van der Waals surface area (Å²) in [7, 11) is 3.18. The van der Waals surface area contributed by atoms with E-state index < -0.39 is 6.10 Å². The Hall–Kier alpha value is -3.17. The van der Waals surface area contributed by atoms with Crippen LogP contribution in [-0.2, 0) is 11.2 Å². The fourth-order valence-electron chi connectivity index (χ4n) is 4.53. The number of nitrogens with one attached hydrogen (secondary N) is 1. The number of anilines is 2. The van der Waals surface area contributed by atoms with Gasteiger partial charge in [-0.1, -0.05) is 6.07 Å². The predicted molar refractivity (Wildman–Crippen MR) is 128 cm³/mol. The number of rotatable bonds is 8. The highest BCUT2D eigenvalue weighted by Crippen LogP contribution is 2.29. The Balaban J connectivity index is 1.20. The van der Waals surface area contributed by atoms with Crippen LogP contribution in [0.4, 0.5) is 15.8 Å². The standard InChI is InChI=1S/C25H31FN4O4/c1-28-20-7-6-17(14-18(20)15-23(28)32)25(33)27-9-8-19(31)16-29-10-12-30(13-11-29)21-4-3-5-22(34-2)24(21)26/h3-7,14,19,31H,8-13,15-16H2,1-2H3,(H,27,33)/t19-/m1/s1. The molecule has 4 rings (SSSR count). The zero-order valence-corrected chi connectivity index (χ0v) is 19.6. The third-order valence-electron chi connectivity index (χ3n) is 6.53. The van der Waals surface area contributed by atoms with Gasteiger partial charge in [-0.15, -0.1) is 0 Å². The van der Waals surface area contributed by atoms with E-state index in [1.165, 1.54) is 7.11 Å². The number of fused-ring (bicyclic) bond motifs is 1. The molecule has 0 bridgehead atoms. The summed E-state index contributed by atoms with van der Waals surface area (Å²) in [4.78, 5) is 30.0. The van der Waals surface area contributed by atoms with Crippen LogP contribution in [0.25, 0.3) is 0 Å². The van der Waals surface area contributed by atoms with Crippen LogP contribution in [0.5, 0.6) is 5.75 Å². The molecule has 0 unspecified atom stereocenters. The van der Waals surface area contributed by atoms with E-state index in [-0.39, 0.29) is 23.4 Å². The molecule has 0 radical (unpaired) electrons. The highest BCUT2D eigenvalue weighted by molar-refractivity contribution is 6.03. The number of β-amino-alcohol motifs (C(OH)–C–C–N with tert-alkyl or cyclic N) is 1. The van der Waals surface area contributed by atoms with E-state index in [4.69, 9.17) is 4.74 Å². The summed E-state index contributed by atoms with van der Waals surface area (Å²) >= 11 is 0. The van der Waals surface area contributed by atoms with Crippen LogP contribution in [0.15, 0.2) is 36.4 Å². The Bertz CT molecular complexity index is 1060. The predicted octanol–water partition coefficient (Wildman–Crippen LogP) is 1.66. The zero-order chi connectivity index (χ0) is 24.2. The van der Waals surface area contributed by atoms with Crippen molar-refractivity contribution in [3.05, 3.63) is 53.3 Å². The number of amides is 2. The van der Waals surface area contributed by atoms with E-state index in [2.05, 4.69) is 10.2 Å². The molecule has 0 saturated carbocycles. The molecule has 0 aromatic heterocycles. The van der Waals surface area contributed by atoms with Crippen LogP contribution in [0.2, 0.25) is 0 Å². The van der Waals surface area contributed by atoms with Crippen molar-refractivity contribution in [2.75, 3.05) is 63.2 Å². The lowest BCUT2D eigenvalue weighted by atomic mass is 10.1. The van der Waals surface area contributed by atoms with Crippen LogP contribution in [0.1, 0.15) is 22.3 Å². The van der Waals surface area contributed by atoms with E-state index in [0.29, 0.717) is 63.4 Å². The van der Waals surface area contributed by atoms with Gasteiger partial charge in [0.05, 0.1) is 25.3 Å². The molecule has 2 aliphatic heterocycles. The van der Waals surface area contributed by atoms with Crippen molar-refractivity contribution in [1.29, 1.82) is 0 Å². The smallest absolute Gasteiger partial charge is 0.251 e. The van der Waals surface area contributed by atoms with Gasteiger partial charge in [0.25, 0.3) is 5.91 Å². The summed E-state index contributed by atoms with van der Waals surface area (Å²) in [5.74, 6) is -0.314. The van der Waals surface area contributed by atoms with Gasteiger partial charge < -0.3 is 25.0 Å². The summed E-state index contributed by atoms with van der Waals surface area (Å²) < 4.78 is 19.6. The maximum atomic E-state index is 14.5. The minimum atomic E-state index is -0.577. The molecule has 0 spiro atoms. The van der Waals surface area contributed by atoms with Crippen molar-refractivity contribution in [3.8, 4) is 5.75 Å². The van der Waals surface area contributed by atoms with Crippen molar-refractivity contribution in [1.82, 2.24) is 10.2 Å². The first kappa shape index (κ1) is 24.0. The van der Waals surface area contributed by atoms with Gasteiger partial charge in [0.2, 0.25) is 5.91 Å². The lowest BCUT2D eigenvalue weighted by Crippen LogP contribution is -2.49. The van der Waals surface area contributed by atoms with Gasteiger partial charge in [0.1, 0.15) is 0 Å². The highest BCUT2D eigenvalue weighted by atomic mass is 19.1. The lowest BCUT2D eigenvalue weighted by Gasteiger charge is -2.37. The molecule has 0 aliphatic carbocycles. The molecule has 2 aliphatic rings. The fraction of sp³-hybridized carbons (Fsp3) is 0.440. The second-order valence-electron chi connectivity index (χ2n) is 8.75. The number of carbonyl (C=O) groups is 2. The molecule has 1 atom stereocenters. The number of hydrogen-bond donors (Lipinski definition) is 2. The second-order valence-corrected chi connectivity index (χ2v) is 8.75. The Morgan fingerprint density at radius 1 is 1.18 bits per heavy atom. The molecular weight excluding hydrogens is 439 g/mol. The number of carbonyl (C=O) groups excluding carboxylic acids is 2. The molecule has 2 aromatic carbocycles. The third-order valence-corrected chi connectivity index (χ3v) is 6.53. The van der Waals surface area contributed by atoms with Crippen molar-refractivity contribution in [3.63, 3.8) is 0 Å². The Kier molecular flexibility index (Phi) is 7.33. The quantitative estimate of drug-likeness (QED) is 0.611. The van der Waals surface area contributed by atoms with Crippen molar-refractivity contribution >= 4 is 23.2 Å². The minimum Gasteiger partial charge on any atom is -0.494 e. The summed E-state index contributed by atoms with van der Waals surface area (Å²) in [6, 6.07) is 10.4. The molecule has 8 nitrogen and oxygen atoms in total. The monoisotopic (exact) mass is 470 g/mol. The van der Waals surface area contributed by atoms with Crippen LogP contribution >= 0.6 is 0 Å². The van der Waals surface area contributed by atoms with Gasteiger partial charge >= 0.3 is 0 Å². The van der Waals surface area contributed by atoms with Crippen LogP contribution in [-0.4, -0.2) is 81.4 Å². The molecule has 2 heterocycles. The van der Waals surface area contributed by atoms with Gasteiger partial charge in [-0.05, 0) is 42.3 Å². The summed E-state index contributed by atoms with van der Waals surface area (Å²) in [5, 5.41) is 13.3. The van der Waals surface area contributed by atoms with Gasteiger partial charge in [0.15, 0.2) is 11.6 Å². The van der Waals surface area contributed by atoms with E-state index >= 15 is 0 Å². The molecular formula is C25H31FN4O4. The number of nitrogens with zero attached hydrogens (tertiary/aromatic N) is 3. The minimum absolute atomic E-state index is 0.0187. The van der Waals surface area contributed by atoms with Crippen LogP contribution in [0.3, 0.4) is 0 Å². The maximum absolute atomic E-state index is 14.5. The topological polar surface area (TPSA) is 85.3 Å². The molecule has 182 valence electrons. The summed E-state index contributed by atoms with van der Waals surface area (Å²) in [5.41, 5.74) is 2.74. The third kappa shape index (κ3) is 5.15. The Morgan fingerprint density at radius 3 is 2.68 bits per heavy atom. The normalized spacial score (nSPS) is 17.0. The number of ether oxygens (including phenoxy) is 1. The number of hydrogen-bond acceptors (Lipinski definition) is 6. The molecule has 34 heavy (non-hydrogen) atoms. The van der Waals surface area contributed by atoms with Gasteiger partial charge in [-0.3, -0.25) is 14.5 Å². The van der Waals surface area contributed by atoms with Crippen molar-refractivity contribution < 1.29 is 23.8 Å². The van der Waals surface area contributed by atoms with E-state index in [9.17, 15) is 19.1 Å². The average Bonchev–Trinajstić information content (AvgIpc) is 3.12. The first-order valence-electron chi connectivity index (χ1n) is 11.5. The zero-order valence-electron chi connectivity index (χ0n) is 19.6. The molecule has 1 saturated heterocycles. The number of aliphatic hydroxyl groups excluding tert-OH is 1. The number of methoxy groups -OCH3 is 1. The summed E-state index contributed by atoms with van der Waals surface area (Å²) in [6.45, 7) is 3.58. The molecule has 9 heteroatoms. The number of halogens is 1. The fourth-order valence-corrected chi connectivity index (χ4v) is 4.53. The van der Waals surface area contributed by atoms with E-state index in [0.717, 1.165) is 11.3 Å². The molecule has 2 N–H and O–H groups in total.